The van der Waals surface area contributed by atoms with Crippen molar-refractivity contribution < 1.29 is 9.90 Å². The number of aryl methyl sites for hydroxylation is 1. The van der Waals surface area contributed by atoms with E-state index in [2.05, 4.69) is 21.2 Å². The predicted molar refractivity (Wildman–Crippen MR) is 74.6 cm³/mol. The zero-order chi connectivity index (χ0) is 13.1. The summed E-state index contributed by atoms with van der Waals surface area (Å²) in [5, 5.41) is 12.8. The van der Waals surface area contributed by atoms with Gasteiger partial charge in [0.05, 0.1) is 12.1 Å². The molecule has 1 aromatic carbocycles. The molecule has 0 bridgehead atoms. The van der Waals surface area contributed by atoms with Gasteiger partial charge in [-0.3, -0.25) is 4.79 Å². The van der Waals surface area contributed by atoms with Crippen LogP contribution >= 0.6 is 15.9 Å². The molecule has 3 nitrogen and oxygen atoms in total. The van der Waals surface area contributed by atoms with Crippen LogP contribution in [0.15, 0.2) is 22.7 Å². The zero-order valence-electron chi connectivity index (χ0n) is 10.4. The number of aliphatic hydroxyl groups is 1. The summed E-state index contributed by atoms with van der Waals surface area (Å²) in [5.41, 5.74) is 1.68. The monoisotopic (exact) mass is 311 g/mol. The molecule has 0 spiro atoms. The maximum absolute atomic E-state index is 12.1. The average Bonchev–Trinajstić information content (AvgIpc) is 2.35. The lowest BCUT2D eigenvalue weighted by molar-refractivity contribution is 0.0717. The van der Waals surface area contributed by atoms with E-state index in [9.17, 15) is 9.90 Å². The minimum atomic E-state index is -0.403. The Morgan fingerprint density at radius 3 is 2.78 bits per heavy atom. The van der Waals surface area contributed by atoms with Gasteiger partial charge in [-0.25, -0.2) is 0 Å². The number of hydrogen-bond donors (Lipinski definition) is 2. The average molecular weight is 312 g/mol. The van der Waals surface area contributed by atoms with Crippen molar-refractivity contribution in [1.82, 2.24) is 5.32 Å². The van der Waals surface area contributed by atoms with Gasteiger partial charge in [0.2, 0.25) is 0 Å². The summed E-state index contributed by atoms with van der Waals surface area (Å²) in [6.07, 6.45) is 3.36. The van der Waals surface area contributed by atoms with Gasteiger partial charge in [-0.05, 0) is 43.5 Å². The summed E-state index contributed by atoms with van der Waals surface area (Å²) in [4.78, 5) is 12.1. The maximum atomic E-state index is 12.1. The van der Waals surface area contributed by atoms with Gasteiger partial charge in [-0.1, -0.05) is 28.8 Å². The van der Waals surface area contributed by atoms with Crippen LogP contribution in [-0.4, -0.2) is 23.2 Å². The van der Waals surface area contributed by atoms with Gasteiger partial charge in [0.25, 0.3) is 5.91 Å². The molecule has 0 aliphatic heterocycles. The molecular weight excluding hydrogens is 294 g/mol. The highest BCUT2D eigenvalue weighted by molar-refractivity contribution is 9.10. The van der Waals surface area contributed by atoms with Crippen LogP contribution in [0.1, 0.15) is 41.6 Å². The topological polar surface area (TPSA) is 49.3 Å². The van der Waals surface area contributed by atoms with E-state index in [0.717, 1.165) is 35.7 Å². The van der Waals surface area contributed by atoms with Crippen LogP contribution in [-0.2, 0) is 0 Å². The van der Waals surface area contributed by atoms with Gasteiger partial charge in [-0.15, -0.1) is 0 Å². The fourth-order valence-electron chi connectivity index (χ4n) is 2.32. The Labute approximate surface area is 116 Å². The molecule has 4 heteroatoms. The number of carbonyl (C=O) groups excluding carboxylic acids is 1. The summed E-state index contributed by atoms with van der Waals surface area (Å²) >= 11 is 3.41. The minimum absolute atomic E-state index is 0.100. The lowest BCUT2D eigenvalue weighted by Gasteiger charge is -2.28. The van der Waals surface area contributed by atoms with Crippen LogP contribution in [0.25, 0.3) is 0 Å². The third-order valence-corrected chi connectivity index (χ3v) is 4.36. The molecular formula is C14H18BrNO2. The molecule has 2 rings (SSSR count). The first-order valence-electron chi connectivity index (χ1n) is 6.33. The number of benzene rings is 1. The van der Waals surface area contributed by atoms with Gasteiger partial charge in [0, 0.05) is 10.0 Å². The predicted octanol–water partition coefficient (Wildman–Crippen LogP) is 2.79. The van der Waals surface area contributed by atoms with Crippen LogP contribution < -0.4 is 5.32 Å². The Hall–Kier alpha value is -0.870. The van der Waals surface area contributed by atoms with Crippen molar-refractivity contribution in [2.75, 3.05) is 0 Å². The largest absolute Gasteiger partial charge is 0.391 e. The third-order valence-electron chi connectivity index (χ3n) is 3.47. The summed E-state index contributed by atoms with van der Waals surface area (Å²) in [6.45, 7) is 1.95. The molecule has 1 amide bonds. The number of aliphatic hydroxyl groups excluding tert-OH is 1. The van der Waals surface area contributed by atoms with Crippen LogP contribution in [0.5, 0.6) is 0 Å². The van der Waals surface area contributed by atoms with E-state index < -0.39 is 6.10 Å². The summed E-state index contributed by atoms with van der Waals surface area (Å²) in [5.74, 6) is -0.100. The smallest absolute Gasteiger partial charge is 0.251 e. The summed E-state index contributed by atoms with van der Waals surface area (Å²) in [7, 11) is 0. The van der Waals surface area contributed by atoms with E-state index in [-0.39, 0.29) is 11.9 Å². The van der Waals surface area contributed by atoms with Gasteiger partial charge >= 0.3 is 0 Å². The fourth-order valence-corrected chi connectivity index (χ4v) is 2.56. The second-order valence-electron chi connectivity index (χ2n) is 4.90. The molecule has 2 atom stereocenters. The molecule has 0 aromatic heterocycles. The van der Waals surface area contributed by atoms with E-state index in [4.69, 9.17) is 0 Å². The quantitative estimate of drug-likeness (QED) is 0.882. The maximum Gasteiger partial charge on any atom is 0.251 e. The van der Waals surface area contributed by atoms with E-state index in [0.29, 0.717) is 5.56 Å². The van der Waals surface area contributed by atoms with E-state index in [1.165, 1.54) is 0 Å². The molecule has 1 aromatic rings. The second-order valence-corrected chi connectivity index (χ2v) is 5.75. The molecule has 1 fully saturated rings. The SMILES string of the molecule is Cc1cc(C(=O)N[C@H]2CCCC[C@@H]2O)ccc1Br. The van der Waals surface area contributed by atoms with Crippen LogP contribution in [0, 0.1) is 6.92 Å². The number of nitrogens with one attached hydrogen (secondary N) is 1. The molecule has 0 saturated heterocycles. The van der Waals surface area contributed by atoms with Crippen molar-refractivity contribution in [3.63, 3.8) is 0 Å². The number of halogens is 1. The minimum Gasteiger partial charge on any atom is -0.391 e. The highest BCUT2D eigenvalue weighted by Crippen LogP contribution is 2.20. The fraction of sp³-hybridized carbons (Fsp3) is 0.500. The summed E-state index contributed by atoms with van der Waals surface area (Å²) in [6, 6.07) is 5.42. The zero-order valence-corrected chi connectivity index (χ0v) is 12.0. The van der Waals surface area contributed by atoms with Crippen molar-refractivity contribution in [1.29, 1.82) is 0 Å². The van der Waals surface area contributed by atoms with Crippen molar-refractivity contribution >= 4 is 21.8 Å². The number of rotatable bonds is 2. The Bertz CT molecular complexity index is 447. The standard InChI is InChI=1S/C14H18BrNO2/c1-9-8-10(6-7-11(9)15)14(18)16-12-4-2-3-5-13(12)17/h6-8,12-13,17H,2-5H2,1H3,(H,16,18)/t12-,13-/m0/s1. The first-order valence-corrected chi connectivity index (χ1v) is 7.12. The number of amides is 1. The van der Waals surface area contributed by atoms with Gasteiger partial charge < -0.3 is 10.4 Å². The van der Waals surface area contributed by atoms with Crippen LogP contribution in [0.2, 0.25) is 0 Å². The van der Waals surface area contributed by atoms with Gasteiger partial charge in [0.15, 0.2) is 0 Å². The molecule has 0 heterocycles. The molecule has 18 heavy (non-hydrogen) atoms. The van der Waals surface area contributed by atoms with Crippen LogP contribution in [0.4, 0.5) is 0 Å². The molecule has 0 unspecified atom stereocenters. The second kappa shape index (κ2) is 5.85. The lowest BCUT2D eigenvalue weighted by Crippen LogP contribution is -2.45. The molecule has 2 N–H and O–H groups in total. The van der Waals surface area contributed by atoms with E-state index in [1.807, 2.05) is 19.1 Å². The van der Waals surface area contributed by atoms with Crippen molar-refractivity contribution in [2.24, 2.45) is 0 Å². The van der Waals surface area contributed by atoms with E-state index in [1.54, 1.807) is 6.07 Å². The molecule has 1 aliphatic carbocycles. The normalized spacial score (nSPS) is 23.7. The first-order chi connectivity index (χ1) is 8.58. The molecule has 0 radical (unpaired) electrons. The lowest BCUT2D eigenvalue weighted by atomic mass is 9.92. The van der Waals surface area contributed by atoms with Gasteiger partial charge in [-0.2, -0.15) is 0 Å². The molecule has 1 aliphatic rings. The van der Waals surface area contributed by atoms with Crippen molar-refractivity contribution in [3.05, 3.63) is 33.8 Å². The number of carbonyl (C=O) groups is 1. The van der Waals surface area contributed by atoms with Crippen LogP contribution in [0.3, 0.4) is 0 Å². The third kappa shape index (κ3) is 3.12. The summed E-state index contributed by atoms with van der Waals surface area (Å²) < 4.78 is 0.997. The molecule has 98 valence electrons. The van der Waals surface area contributed by atoms with Crippen molar-refractivity contribution in [3.8, 4) is 0 Å². The molecule has 1 saturated carbocycles. The Kier molecular flexibility index (Phi) is 4.40. The Morgan fingerprint density at radius 1 is 1.39 bits per heavy atom. The Morgan fingerprint density at radius 2 is 2.11 bits per heavy atom. The highest BCUT2D eigenvalue weighted by atomic mass is 79.9. The van der Waals surface area contributed by atoms with E-state index >= 15 is 0 Å². The Balaban J connectivity index is 2.04. The first kappa shape index (κ1) is 13.6. The number of hydrogen-bond acceptors (Lipinski definition) is 2. The van der Waals surface area contributed by atoms with Gasteiger partial charge in [0.1, 0.15) is 0 Å². The highest BCUT2D eigenvalue weighted by Gasteiger charge is 2.24. The van der Waals surface area contributed by atoms with Crippen molar-refractivity contribution in [2.45, 2.75) is 44.8 Å².